The van der Waals surface area contributed by atoms with Crippen molar-refractivity contribution in [2.24, 2.45) is 0 Å². The molecule has 46 heavy (non-hydrogen) atoms. The van der Waals surface area contributed by atoms with Gasteiger partial charge in [0.15, 0.2) is 18.5 Å². The fourth-order valence-corrected chi connectivity index (χ4v) is 5.94. The minimum Gasteiger partial charge on any atom is -0.481 e. The molecule has 3 aromatic carbocycles. The molecule has 0 radical (unpaired) electrons. The lowest BCUT2D eigenvalue weighted by Gasteiger charge is -2.29. The summed E-state index contributed by atoms with van der Waals surface area (Å²) in [6.07, 6.45) is 7.54. The highest BCUT2D eigenvalue weighted by atomic mass is 19.1. The van der Waals surface area contributed by atoms with Crippen LogP contribution in [0.25, 0.3) is 10.8 Å². The van der Waals surface area contributed by atoms with Gasteiger partial charge in [-0.1, -0.05) is 42.3 Å². The zero-order valence-corrected chi connectivity index (χ0v) is 26.2. The first kappa shape index (κ1) is 32.2. The van der Waals surface area contributed by atoms with Crippen LogP contribution in [-0.4, -0.2) is 60.9 Å². The van der Waals surface area contributed by atoms with E-state index in [0.29, 0.717) is 37.1 Å². The van der Waals surface area contributed by atoms with Crippen LogP contribution < -0.4 is 19.3 Å². The van der Waals surface area contributed by atoms with E-state index in [4.69, 9.17) is 15.9 Å². The summed E-state index contributed by atoms with van der Waals surface area (Å²) in [5.74, 6) is 1.20. The minimum atomic E-state index is -0.764. The van der Waals surface area contributed by atoms with E-state index in [0.717, 1.165) is 40.3 Å². The van der Waals surface area contributed by atoms with Crippen LogP contribution in [-0.2, 0) is 19.2 Å². The van der Waals surface area contributed by atoms with E-state index in [9.17, 15) is 23.6 Å². The van der Waals surface area contributed by atoms with Crippen molar-refractivity contribution < 1.29 is 33.0 Å². The predicted octanol–water partition coefficient (Wildman–Crippen LogP) is 5.40. The van der Waals surface area contributed by atoms with Gasteiger partial charge >= 0.3 is 0 Å². The molecule has 0 N–H and O–H groups in total. The number of benzene rings is 3. The number of fused-ring (bicyclic) bond motifs is 2. The van der Waals surface area contributed by atoms with Gasteiger partial charge in [-0.2, -0.15) is 0 Å². The lowest BCUT2D eigenvalue weighted by molar-refractivity contribution is -0.137. The Morgan fingerprint density at radius 2 is 1.65 bits per heavy atom. The molecule has 6 rings (SSSR count). The first-order valence-corrected chi connectivity index (χ1v) is 15.4. The molecule has 0 spiro atoms. The average Bonchev–Trinajstić information content (AvgIpc) is 3.32. The van der Waals surface area contributed by atoms with Crippen molar-refractivity contribution in [1.82, 2.24) is 4.90 Å². The Hall–Kier alpha value is -5.17. The third-order valence-electron chi connectivity index (χ3n) is 8.33. The van der Waals surface area contributed by atoms with Crippen LogP contribution in [0.3, 0.4) is 0 Å². The number of likely N-dealkylation sites (N-methyl/N-ethyl adjacent to an activating group) is 1. The van der Waals surface area contributed by atoms with Crippen molar-refractivity contribution in [2.75, 3.05) is 36.0 Å². The average molecular weight is 626 g/mol. The smallest absolute Gasteiger partial charge is 0.265 e. The molecule has 4 amide bonds. The molecule has 1 atom stereocenters. The number of hydrogen-bond acceptors (Lipinski definition) is 6. The number of hydrogen-bond donors (Lipinski definition) is 0. The van der Waals surface area contributed by atoms with Gasteiger partial charge in [-0.05, 0) is 64.0 Å². The Kier molecular flexibility index (Phi) is 9.71. The third kappa shape index (κ3) is 6.18. The first-order valence-electron chi connectivity index (χ1n) is 15.4. The van der Waals surface area contributed by atoms with E-state index in [2.05, 4.69) is 5.92 Å². The summed E-state index contributed by atoms with van der Waals surface area (Å²) in [5.41, 5.74) is 0.992. The Bertz CT molecular complexity index is 1740. The van der Waals surface area contributed by atoms with Crippen molar-refractivity contribution in [1.29, 1.82) is 0 Å². The molecular formula is C36H36FN3O6. The number of carbonyl (C=O) groups is 4. The van der Waals surface area contributed by atoms with Crippen molar-refractivity contribution in [3.63, 3.8) is 0 Å². The number of halogens is 1. The van der Waals surface area contributed by atoms with Gasteiger partial charge in [0.2, 0.25) is 0 Å². The monoisotopic (exact) mass is 625 g/mol. The summed E-state index contributed by atoms with van der Waals surface area (Å²) in [6, 6.07) is 16.3. The molecule has 0 saturated carbocycles. The molecule has 9 nitrogen and oxygen atoms in total. The van der Waals surface area contributed by atoms with Gasteiger partial charge in [-0.25, -0.2) is 9.29 Å². The maximum Gasteiger partial charge on any atom is 0.265 e. The fourth-order valence-electron chi connectivity index (χ4n) is 5.94. The molecule has 0 saturated heterocycles. The molecule has 3 aliphatic rings. The van der Waals surface area contributed by atoms with Crippen molar-refractivity contribution in [3.8, 4) is 23.8 Å². The third-order valence-corrected chi connectivity index (χ3v) is 8.33. The van der Waals surface area contributed by atoms with Crippen LogP contribution >= 0.6 is 0 Å². The summed E-state index contributed by atoms with van der Waals surface area (Å²) >= 11 is 0. The summed E-state index contributed by atoms with van der Waals surface area (Å²) in [6.45, 7) is 6.92. The maximum atomic E-state index is 14.7. The standard InChI is InChI=1S/C19H15FN2O4.C17H21NO2/c1-2-7-21-15-9-14(13(20)8-16(15)26-10-17(21)23)22-18(24)11-5-3-4-6-12(11)19(22)25;1-4-18(5-2)17(19)13(3)20-16-12-8-10-14-9-6-7-11-15(14)16/h1,8-9H,3-7,10H2;6-13H,4-5H2,1-3H3. The second kappa shape index (κ2) is 13.9. The van der Waals surface area contributed by atoms with E-state index < -0.39 is 23.7 Å². The maximum absolute atomic E-state index is 14.7. The van der Waals surface area contributed by atoms with Crippen LogP contribution in [0.5, 0.6) is 11.5 Å². The Labute approximate surface area is 267 Å². The molecule has 10 heteroatoms. The van der Waals surface area contributed by atoms with Crippen LogP contribution in [0.15, 0.2) is 65.7 Å². The van der Waals surface area contributed by atoms with Gasteiger partial charge in [0.25, 0.3) is 23.6 Å². The predicted molar refractivity (Wildman–Crippen MR) is 173 cm³/mol. The largest absolute Gasteiger partial charge is 0.481 e. The van der Waals surface area contributed by atoms with Crippen LogP contribution in [0.2, 0.25) is 0 Å². The van der Waals surface area contributed by atoms with Crippen molar-refractivity contribution >= 4 is 45.8 Å². The topological polar surface area (TPSA) is 96.5 Å². The summed E-state index contributed by atoms with van der Waals surface area (Å²) in [7, 11) is 0. The second-order valence-electron chi connectivity index (χ2n) is 11.1. The number of rotatable bonds is 7. The van der Waals surface area contributed by atoms with Gasteiger partial charge in [0.1, 0.15) is 11.5 Å². The summed E-state index contributed by atoms with van der Waals surface area (Å²) in [4.78, 5) is 53.6. The first-order chi connectivity index (χ1) is 22.2. The number of ether oxygens (including phenoxy) is 2. The molecule has 1 unspecified atom stereocenters. The normalized spacial score (nSPS) is 16.2. The van der Waals surface area contributed by atoms with Crippen molar-refractivity contribution in [2.45, 2.75) is 52.6 Å². The second-order valence-corrected chi connectivity index (χ2v) is 11.1. The Morgan fingerprint density at radius 3 is 2.30 bits per heavy atom. The van der Waals surface area contributed by atoms with Crippen LogP contribution in [0.4, 0.5) is 15.8 Å². The summed E-state index contributed by atoms with van der Waals surface area (Å²) in [5, 5.41) is 2.15. The van der Waals surface area contributed by atoms with E-state index in [1.54, 1.807) is 4.90 Å². The number of anilines is 2. The minimum absolute atomic E-state index is 0.0170. The lowest BCUT2D eigenvalue weighted by Crippen LogP contribution is -2.40. The van der Waals surface area contributed by atoms with Gasteiger partial charge in [-0.3, -0.25) is 24.1 Å². The highest BCUT2D eigenvalue weighted by molar-refractivity contribution is 6.33. The number of amides is 4. The zero-order valence-electron chi connectivity index (χ0n) is 26.2. The Morgan fingerprint density at radius 1 is 1.00 bits per heavy atom. The molecular weight excluding hydrogens is 589 g/mol. The van der Waals surface area contributed by atoms with E-state index in [1.807, 2.05) is 63.2 Å². The van der Waals surface area contributed by atoms with Gasteiger partial charge in [0.05, 0.1) is 17.9 Å². The number of carbonyl (C=O) groups excluding carboxylic acids is 4. The quantitative estimate of drug-likeness (QED) is 0.258. The molecule has 238 valence electrons. The highest BCUT2D eigenvalue weighted by Gasteiger charge is 2.41. The lowest BCUT2D eigenvalue weighted by atomic mass is 9.93. The van der Waals surface area contributed by atoms with Gasteiger partial charge in [-0.15, -0.1) is 6.42 Å². The zero-order chi connectivity index (χ0) is 33.0. The molecule has 2 aliphatic heterocycles. The fraction of sp³-hybridized carbons (Fsp3) is 0.333. The van der Waals surface area contributed by atoms with E-state index in [1.165, 1.54) is 11.0 Å². The molecule has 0 bridgehead atoms. The van der Waals surface area contributed by atoms with E-state index in [-0.39, 0.29) is 42.1 Å². The molecule has 0 fully saturated rings. The number of imide groups is 1. The Balaban J connectivity index is 0.000000188. The van der Waals surface area contributed by atoms with E-state index >= 15 is 0 Å². The van der Waals surface area contributed by atoms with Crippen LogP contribution in [0.1, 0.15) is 46.5 Å². The van der Waals surface area contributed by atoms with Crippen molar-refractivity contribution in [3.05, 3.63) is 71.6 Å². The molecule has 1 aliphatic carbocycles. The number of nitrogens with zero attached hydrogens (tertiary/aromatic N) is 3. The molecule has 0 aromatic heterocycles. The summed E-state index contributed by atoms with van der Waals surface area (Å²) < 4.78 is 25.8. The van der Waals surface area contributed by atoms with Gasteiger partial charge in [0, 0.05) is 35.7 Å². The molecule has 2 heterocycles. The molecule has 3 aromatic rings. The SMILES string of the molecule is C#CCN1C(=O)COc2cc(F)c(N3C(=O)C4=C(CCCC4)C3=O)cc21.CCN(CC)C(=O)C(C)Oc1cccc2ccccc12. The number of terminal acetylenes is 1. The van der Waals surface area contributed by atoms with Crippen LogP contribution in [0, 0.1) is 18.2 Å². The van der Waals surface area contributed by atoms with Gasteiger partial charge < -0.3 is 14.4 Å². The highest BCUT2D eigenvalue weighted by Crippen LogP contribution is 2.41.